The zero-order chi connectivity index (χ0) is 24.2. The third-order valence-electron chi connectivity index (χ3n) is 4.11. The van der Waals surface area contributed by atoms with Crippen LogP contribution in [0.5, 0.6) is 0 Å². The van der Waals surface area contributed by atoms with Crippen LogP contribution in [0.2, 0.25) is 0 Å². The minimum absolute atomic E-state index is 0.00986. The molecule has 0 aromatic rings. The number of hydrogen-bond acceptors (Lipinski definition) is 11. The van der Waals surface area contributed by atoms with Crippen molar-refractivity contribution in [3.63, 3.8) is 0 Å². The van der Waals surface area contributed by atoms with Crippen molar-refractivity contribution in [2.45, 2.75) is 32.1 Å². The third kappa shape index (κ3) is 8.78. The summed E-state index contributed by atoms with van der Waals surface area (Å²) >= 11 is 0. The van der Waals surface area contributed by atoms with Crippen LogP contribution >= 0.6 is 0 Å². The van der Waals surface area contributed by atoms with Gasteiger partial charge in [0, 0.05) is 38.0 Å². The van der Waals surface area contributed by atoms with E-state index < -0.39 is 41.5 Å². The number of ether oxygens (including phenoxy) is 2. The lowest BCUT2D eigenvalue weighted by molar-refractivity contribution is -0.198. The Hall–Kier alpha value is -3.65. The number of carbonyl (C=O) groups excluding carboxylic acids is 7. The van der Waals surface area contributed by atoms with Gasteiger partial charge in [-0.25, -0.2) is 9.59 Å². The van der Waals surface area contributed by atoms with E-state index in [4.69, 9.17) is 9.47 Å². The predicted molar refractivity (Wildman–Crippen MR) is 103 cm³/mol. The van der Waals surface area contributed by atoms with Gasteiger partial charge in [-0.05, 0) is 0 Å². The minimum atomic E-state index is -0.897. The molecular formula is C19H23N3O11. The minimum Gasteiger partial charge on any atom is -0.378 e. The molecule has 14 nitrogen and oxygen atoms in total. The number of rotatable bonds is 14. The Kier molecular flexibility index (Phi) is 10.1. The molecule has 5 amide bonds. The molecule has 0 spiro atoms. The van der Waals surface area contributed by atoms with Crippen LogP contribution in [0.3, 0.4) is 0 Å². The van der Waals surface area contributed by atoms with E-state index in [1.165, 1.54) is 0 Å². The number of carbonyl (C=O) groups is 7. The molecule has 2 heterocycles. The largest absolute Gasteiger partial charge is 0.378 e. The van der Waals surface area contributed by atoms with Crippen LogP contribution in [-0.2, 0) is 52.7 Å². The Morgan fingerprint density at radius 2 is 1.27 bits per heavy atom. The van der Waals surface area contributed by atoms with Crippen molar-refractivity contribution >= 4 is 41.5 Å². The lowest BCUT2D eigenvalue weighted by Gasteiger charge is -2.12. The van der Waals surface area contributed by atoms with E-state index >= 15 is 0 Å². The summed E-state index contributed by atoms with van der Waals surface area (Å²) in [6.07, 6.45) is 1.30. The SMILES string of the molecule is O=C(CCC(=O)ON1C(=O)C=CC1=O)NCCOCCOCCC(=O)ON1C(=O)CCC1=O. The Labute approximate surface area is 187 Å². The van der Waals surface area contributed by atoms with Gasteiger partial charge in [-0.3, -0.25) is 24.0 Å². The van der Waals surface area contributed by atoms with Crippen LogP contribution in [-0.4, -0.2) is 84.6 Å². The molecule has 1 saturated heterocycles. The Morgan fingerprint density at radius 3 is 1.91 bits per heavy atom. The summed E-state index contributed by atoms with van der Waals surface area (Å²) in [5.74, 6) is -4.75. The topological polar surface area (TPSA) is 175 Å². The van der Waals surface area contributed by atoms with Gasteiger partial charge in [0.25, 0.3) is 23.6 Å². The number of hydrogen-bond donors (Lipinski definition) is 1. The first kappa shape index (κ1) is 25.6. The Bertz CT molecular complexity index is 805. The molecule has 2 aliphatic heterocycles. The molecule has 0 atom stereocenters. The van der Waals surface area contributed by atoms with Crippen molar-refractivity contribution in [2.24, 2.45) is 0 Å². The normalized spacial score (nSPS) is 15.4. The molecule has 0 radical (unpaired) electrons. The maximum absolute atomic E-state index is 11.7. The van der Waals surface area contributed by atoms with Gasteiger partial charge >= 0.3 is 11.9 Å². The Balaban J connectivity index is 1.40. The molecule has 0 saturated carbocycles. The molecule has 0 bridgehead atoms. The first-order valence-corrected chi connectivity index (χ1v) is 10.0. The summed E-state index contributed by atoms with van der Waals surface area (Å²) in [5.41, 5.74) is 0. The van der Waals surface area contributed by atoms with Crippen molar-refractivity contribution in [2.75, 3.05) is 33.0 Å². The highest BCUT2D eigenvalue weighted by Crippen LogP contribution is 2.12. The lowest BCUT2D eigenvalue weighted by Crippen LogP contribution is -2.33. The third-order valence-corrected chi connectivity index (χ3v) is 4.11. The molecular weight excluding hydrogens is 446 g/mol. The number of nitrogens with one attached hydrogen (secondary N) is 1. The number of nitrogens with zero attached hydrogens (tertiary/aromatic N) is 2. The summed E-state index contributed by atoms with van der Waals surface area (Å²) in [7, 11) is 0. The maximum Gasteiger partial charge on any atom is 0.335 e. The molecule has 0 aliphatic carbocycles. The summed E-state index contributed by atoms with van der Waals surface area (Å²) in [6, 6.07) is 0. The van der Waals surface area contributed by atoms with Gasteiger partial charge in [0.15, 0.2) is 0 Å². The summed E-state index contributed by atoms with van der Waals surface area (Å²) in [4.78, 5) is 89.2. The van der Waals surface area contributed by atoms with E-state index in [1.54, 1.807) is 0 Å². The highest BCUT2D eigenvalue weighted by Gasteiger charge is 2.32. The number of amides is 5. The smallest absolute Gasteiger partial charge is 0.335 e. The first-order chi connectivity index (χ1) is 15.8. The molecule has 1 fully saturated rings. The second-order valence-corrected chi connectivity index (χ2v) is 6.64. The fraction of sp³-hybridized carbons (Fsp3) is 0.526. The van der Waals surface area contributed by atoms with Crippen LogP contribution in [0.4, 0.5) is 0 Å². The van der Waals surface area contributed by atoms with Crippen LogP contribution in [0.25, 0.3) is 0 Å². The fourth-order valence-corrected chi connectivity index (χ4v) is 2.47. The molecule has 0 aromatic heterocycles. The molecule has 33 heavy (non-hydrogen) atoms. The highest BCUT2D eigenvalue weighted by molar-refractivity contribution is 6.12. The van der Waals surface area contributed by atoms with Crippen LogP contribution < -0.4 is 5.32 Å². The molecule has 14 heteroatoms. The zero-order valence-electron chi connectivity index (χ0n) is 17.6. The van der Waals surface area contributed by atoms with E-state index in [2.05, 4.69) is 15.0 Å². The fourth-order valence-electron chi connectivity index (χ4n) is 2.47. The quantitative estimate of drug-likeness (QED) is 0.227. The van der Waals surface area contributed by atoms with E-state index in [-0.39, 0.29) is 65.1 Å². The van der Waals surface area contributed by atoms with Gasteiger partial charge in [0.1, 0.15) is 0 Å². The van der Waals surface area contributed by atoms with Crippen molar-refractivity contribution in [1.29, 1.82) is 0 Å². The molecule has 0 unspecified atom stereocenters. The van der Waals surface area contributed by atoms with Gasteiger partial charge in [-0.2, -0.15) is 0 Å². The standard InChI is InChI=1S/C19H23N3O11/c23-13(1-6-18(28)32-21-14(24)2-3-15(21)25)20-8-10-31-12-11-30-9-7-19(29)33-22-16(26)4-5-17(22)27/h2-3H,1,4-12H2,(H,20,23). The molecule has 180 valence electrons. The van der Waals surface area contributed by atoms with Crippen molar-refractivity contribution < 1.29 is 52.7 Å². The van der Waals surface area contributed by atoms with Crippen LogP contribution in [0.15, 0.2) is 12.2 Å². The average molecular weight is 469 g/mol. The van der Waals surface area contributed by atoms with Gasteiger partial charge in [0.05, 0.1) is 39.3 Å². The van der Waals surface area contributed by atoms with E-state index in [9.17, 15) is 33.6 Å². The van der Waals surface area contributed by atoms with E-state index in [0.717, 1.165) is 12.2 Å². The number of imide groups is 2. The Morgan fingerprint density at radius 1 is 0.727 bits per heavy atom. The van der Waals surface area contributed by atoms with Gasteiger partial charge in [-0.15, -0.1) is 5.06 Å². The zero-order valence-corrected chi connectivity index (χ0v) is 17.6. The second-order valence-electron chi connectivity index (χ2n) is 6.64. The monoisotopic (exact) mass is 469 g/mol. The van der Waals surface area contributed by atoms with Gasteiger partial charge in [0.2, 0.25) is 5.91 Å². The van der Waals surface area contributed by atoms with Gasteiger partial charge in [-0.1, -0.05) is 5.06 Å². The molecule has 2 rings (SSSR count). The predicted octanol–water partition coefficient (Wildman–Crippen LogP) is -1.70. The lowest BCUT2D eigenvalue weighted by atomic mass is 10.3. The summed E-state index contributed by atoms with van der Waals surface area (Å²) in [5, 5.41) is 3.30. The van der Waals surface area contributed by atoms with Crippen LogP contribution in [0, 0.1) is 0 Å². The van der Waals surface area contributed by atoms with E-state index in [1.807, 2.05) is 0 Å². The second kappa shape index (κ2) is 13.0. The van der Waals surface area contributed by atoms with Crippen molar-refractivity contribution in [3.05, 3.63) is 12.2 Å². The highest BCUT2D eigenvalue weighted by atomic mass is 16.7. The first-order valence-electron chi connectivity index (χ1n) is 10.0. The molecule has 1 N–H and O–H groups in total. The summed E-state index contributed by atoms with van der Waals surface area (Å²) in [6.45, 7) is 0.702. The molecule has 2 aliphatic rings. The average Bonchev–Trinajstić information content (AvgIpc) is 3.26. The van der Waals surface area contributed by atoms with Crippen molar-refractivity contribution in [1.82, 2.24) is 15.4 Å². The van der Waals surface area contributed by atoms with Gasteiger partial charge < -0.3 is 24.5 Å². The maximum atomic E-state index is 11.7. The molecule has 0 aromatic carbocycles. The van der Waals surface area contributed by atoms with Crippen molar-refractivity contribution in [3.8, 4) is 0 Å². The van der Waals surface area contributed by atoms with E-state index in [0.29, 0.717) is 10.1 Å². The summed E-state index contributed by atoms with van der Waals surface area (Å²) < 4.78 is 10.4. The van der Waals surface area contributed by atoms with Crippen LogP contribution in [0.1, 0.15) is 32.1 Å². The number of hydroxylamine groups is 4.